The lowest BCUT2D eigenvalue weighted by molar-refractivity contribution is 0.102. The summed E-state index contributed by atoms with van der Waals surface area (Å²) in [4.78, 5) is 16.7. The van der Waals surface area contributed by atoms with Gasteiger partial charge < -0.3 is 4.98 Å². The number of benzene rings is 2. The van der Waals surface area contributed by atoms with Crippen LogP contribution in [0.15, 0.2) is 64.5 Å². The van der Waals surface area contributed by atoms with Crippen LogP contribution in [0.3, 0.4) is 0 Å². The number of carbonyl (C=O) groups is 1. The van der Waals surface area contributed by atoms with E-state index in [0.717, 1.165) is 16.1 Å². The van der Waals surface area contributed by atoms with Gasteiger partial charge in [0, 0.05) is 21.4 Å². The number of Topliss-reactive ketones (excluding diaryl/α,β-unsaturated/α-hetero) is 1. The molecular formula is C17H15NOS2. The molecule has 0 saturated carbocycles. The van der Waals surface area contributed by atoms with E-state index in [1.807, 2.05) is 48.7 Å². The number of H-pyrrole nitrogens is 1. The molecule has 0 aliphatic heterocycles. The fourth-order valence-corrected chi connectivity index (χ4v) is 3.38. The number of carbonyl (C=O) groups excluding carboxylic acids is 1. The zero-order valence-corrected chi connectivity index (χ0v) is 13.3. The maximum atomic E-state index is 12.2. The zero-order chi connectivity index (χ0) is 14.7. The Balaban J connectivity index is 1.67. The van der Waals surface area contributed by atoms with Crippen LogP contribution in [0.1, 0.15) is 10.4 Å². The maximum Gasteiger partial charge on any atom is 0.173 e. The van der Waals surface area contributed by atoms with Gasteiger partial charge >= 0.3 is 0 Å². The maximum absolute atomic E-state index is 12.2. The molecule has 1 heterocycles. The molecular weight excluding hydrogens is 298 g/mol. The van der Waals surface area contributed by atoms with Gasteiger partial charge in [0.05, 0.1) is 10.8 Å². The molecule has 2 nitrogen and oxygen atoms in total. The van der Waals surface area contributed by atoms with E-state index in [4.69, 9.17) is 0 Å². The Morgan fingerprint density at radius 1 is 1.10 bits per heavy atom. The van der Waals surface area contributed by atoms with Gasteiger partial charge in [0.25, 0.3) is 0 Å². The topological polar surface area (TPSA) is 32.9 Å². The van der Waals surface area contributed by atoms with Gasteiger partial charge in [-0.1, -0.05) is 30.3 Å². The highest BCUT2D eigenvalue weighted by molar-refractivity contribution is 8.00. The number of para-hydroxylation sites is 1. The number of fused-ring (bicyclic) bond motifs is 1. The minimum atomic E-state index is 0.159. The van der Waals surface area contributed by atoms with Crippen LogP contribution in [0.25, 0.3) is 10.9 Å². The third kappa shape index (κ3) is 3.34. The molecule has 0 radical (unpaired) electrons. The molecule has 1 N–H and O–H groups in total. The first kappa shape index (κ1) is 14.3. The largest absolute Gasteiger partial charge is 0.350 e. The SMILES string of the molecule is CSc1ccc(C(=O)CSc2cc3ccccc3[nH]2)cc1. The zero-order valence-electron chi connectivity index (χ0n) is 11.6. The van der Waals surface area contributed by atoms with E-state index in [2.05, 4.69) is 17.1 Å². The second-order valence-electron chi connectivity index (χ2n) is 4.66. The van der Waals surface area contributed by atoms with Crippen LogP contribution in [0, 0.1) is 0 Å². The Bertz CT molecular complexity index is 729. The highest BCUT2D eigenvalue weighted by Crippen LogP contribution is 2.24. The molecule has 3 rings (SSSR count). The molecule has 3 aromatic rings. The first-order valence-electron chi connectivity index (χ1n) is 6.64. The molecule has 0 atom stereocenters. The molecule has 0 saturated heterocycles. The minimum Gasteiger partial charge on any atom is -0.350 e. The molecule has 0 unspecified atom stereocenters. The molecule has 1 aromatic heterocycles. The van der Waals surface area contributed by atoms with E-state index >= 15 is 0 Å². The van der Waals surface area contributed by atoms with Gasteiger partial charge in [-0.15, -0.1) is 23.5 Å². The van der Waals surface area contributed by atoms with Crippen LogP contribution in [-0.2, 0) is 0 Å². The van der Waals surface area contributed by atoms with Crippen molar-refractivity contribution in [1.82, 2.24) is 4.98 Å². The minimum absolute atomic E-state index is 0.159. The number of aromatic nitrogens is 1. The number of thioether (sulfide) groups is 2. The number of rotatable bonds is 5. The van der Waals surface area contributed by atoms with Crippen LogP contribution >= 0.6 is 23.5 Å². The molecule has 0 amide bonds. The lowest BCUT2D eigenvalue weighted by Crippen LogP contribution is -2.01. The average molecular weight is 313 g/mol. The monoisotopic (exact) mass is 313 g/mol. The Labute approximate surface area is 132 Å². The van der Waals surface area contributed by atoms with Gasteiger partial charge in [-0.2, -0.15) is 0 Å². The normalized spacial score (nSPS) is 10.9. The summed E-state index contributed by atoms with van der Waals surface area (Å²) in [7, 11) is 0. The average Bonchev–Trinajstić information content (AvgIpc) is 2.95. The van der Waals surface area contributed by atoms with Gasteiger partial charge in [0.2, 0.25) is 0 Å². The predicted molar refractivity (Wildman–Crippen MR) is 91.6 cm³/mol. The van der Waals surface area contributed by atoms with Crippen LogP contribution in [0.4, 0.5) is 0 Å². The fraction of sp³-hybridized carbons (Fsp3) is 0.118. The van der Waals surface area contributed by atoms with Crippen LogP contribution in [0.5, 0.6) is 0 Å². The molecule has 2 aromatic carbocycles. The summed E-state index contributed by atoms with van der Waals surface area (Å²) in [6.45, 7) is 0. The van der Waals surface area contributed by atoms with Crippen molar-refractivity contribution < 1.29 is 4.79 Å². The van der Waals surface area contributed by atoms with E-state index < -0.39 is 0 Å². The molecule has 0 bridgehead atoms. The third-order valence-corrected chi connectivity index (χ3v) is 4.96. The highest BCUT2D eigenvalue weighted by atomic mass is 32.2. The number of nitrogens with one attached hydrogen (secondary N) is 1. The van der Waals surface area contributed by atoms with E-state index in [0.29, 0.717) is 5.75 Å². The molecule has 0 spiro atoms. The van der Waals surface area contributed by atoms with Crippen LogP contribution in [-0.4, -0.2) is 22.8 Å². The number of hydrogen-bond acceptors (Lipinski definition) is 3. The standard InChI is InChI=1S/C17H15NOS2/c1-20-14-8-6-12(7-9-14)16(19)11-21-17-10-13-4-2-3-5-15(13)18-17/h2-10,18H,11H2,1H3. The Morgan fingerprint density at radius 2 is 1.86 bits per heavy atom. The Morgan fingerprint density at radius 3 is 2.57 bits per heavy atom. The lowest BCUT2D eigenvalue weighted by Gasteiger charge is -2.01. The van der Waals surface area contributed by atoms with E-state index in [9.17, 15) is 4.79 Å². The van der Waals surface area contributed by atoms with Crippen molar-refractivity contribution in [2.75, 3.05) is 12.0 Å². The summed E-state index contributed by atoms with van der Waals surface area (Å²) in [5.41, 5.74) is 1.88. The molecule has 4 heteroatoms. The summed E-state index contributed by atoms with van der Waals surface area (Å²) < 4.78 is 0. The molecule has 21 heavy (non-hydrogen) atoms. The van der Waals surface area contributed by atoms with Gasteiger partial charge in [0.15, 0.2) is 5.78 Å². The predicted octanol–water partition coefficient (Wildman–Crippen LogP) is 4.86. The first-order chi connectivity index (χ1) is 10.3. The van der Waals surface area contributed by atoms with Crippen molar-refractivity contribution >= 4 is 40.2 Å². The lowest BCUT2D eigenvalue weighted by atomic mass is 10.1. The summed E-state index contributed by atoms with van der Waals surface area (Å²) >= 11 is 3.23. The van der Waals surface area contributed by atoms with Gasteiger partial charge in [-0.3, -0.25) is 4.79 Å². The third-order valence-electron chi connectivity index (χ3n) is 3.28. The second kappa shape index (κ2) is 6.41. The van der Waals surface area contributed by atoms with Crippen LogP contribution in [0.2, 0.25) is 0 Å². The summed E-state index contributed by atoms with van der Waals surface area (Å²) in [5.74, 6) is 0.608. The number of hydrogen-bond donors (Lipinski definition) is 1. The highest BCUT2D eigenvalue weighted by Gasteiger charge is 2.08. The van der Waals surface area contributed by atoms with Gasteiger partial charge in [-0.05, 0) is 30.5 Å². The summed E-state index contributed by atoms with van der Waals surface area (Å²) in [6.07, 6.45) is 2.03. The quantitative estimate of drug-likeness (QED) is 0.539. The second-order valence-corrected chi connectivity index (χ2v) is 6.56. The Hall–Kier alpha value is -1.65. The van der Waals surface area contributed by atoms with E-state index in [1.165, 1.54) is 10.3 Å². The van der Waals surface area contributed by atoms with Crippen molar-refractivity contribution in [1.29, 1.82) is 0 Å². The van der Waals surface area contributed by atoms with Gasteiger partial charge in [0.1, 0.15) is 0 Å². The van der Waals surface area contributed by atoms with Crippen molar-refractivity contribution in [3.05, 3.63) is 60.2 Å². The molecule has 0 fully saturated rings. The van der Waals surface area contributed by atoms with Gasteiger partial charge in [-0.25, -0.2) is 0 Å². The smallest absolute Gasteiger partial charge is 0.173 e. The summed E-state index contributed by atoms with van der Waals surface area (Å²) in [6, 6.07) is 18.0. The molecule has 0 aliphatic rings. The first-order valence-corrected chi connectivity index (χ1v) is 8.85. The van der Waals surface area contributed by atoms with Crippen molar-refractivity contribution in [3.8, 4) is 0 Å². The van der Waals surface area contributed by atoms with Crippen molar-refractivity contribution in [3.63, 3.8) is 0 Å². The van der Waals surface area contributed by atoms with Crippen molar-refractivity contribution in [2.45, 2.75) is 9.92 Å². The molecule has 106 valence electrons. The van der Waals surface area contributed by atoms with E-state index in [1.54, 1.807) is 23.5 Å². The molecule has 0 aliphatic carbocycles. The van der Waals surface area contributed by atoms with Crippen LogP contribution < -0.4 is 0 Å². The Kier molecular flexibility index (Phi) is 4.36. The fourth-order valence-electron chi connectivity index (χ4n) is 2.13. The number of ketones is 1. The van der Waals surface area contributed by atoms with E-state index in [-0.39, 0.29) is 5.78 Å². The number of aromatic amines is 1. The van der Waals surface area contributed by atoms with Crippen molar-refractivity contribution in [2.24, 2.45) is 0 Å². The summed E-state index contributed by atoms with van der Waals surface area (Å²) in [5, 5.41) is 2.21.